The van der Waals surface area contributed by atoms with E-state index in [-0.39, 0.29) is 0 Å². The second-order valence-corrected chi connectivity index (χ2v) is 5.43. The summed E-state index contributed by atoms with van der Waals surface area (Å²) in [5.41, 5.74) is 1.59. The van der Waals surface area contributed by atoms with Crippen LogP contribution in [0.5, 0.6) is 17.2 Å². The Hall–Kier alpha value is -3.02. The standard InChI is InChI=1S/C18H16O6/c1-11(18(21)23-10-17(19)20)12-6-7-15-16(8-12)24-14-5-3-2-4-13(14)9-22-15/h2-8,11H,9-10H2,1H3,(H,19,20). The summed E-state index contributed by atoms with van der Waals surface area (Å²) in [5, 5.41) is 8.58. The van der Waals surface area contributed by atoms with Crippen LogP contribution in [0.4, 0.5) is 0 Å². The highest BCUT2D eigenvalue weighted by Crippen LogP contribution is 2.39. The third-order valence-electron chi connectivity index (χ3n) is 3.73. The topological polar surface area (TPSA) is 82.1 Å². The minimum absolute atomic E-state index is 0.402. The van der Waals surface area contributed by atoms with Crippen LogP contribution >= 0.6 is 0 Å². The SMILES string of the molecule is CC(C(=O)OCC(=O)O)c1ccc2c(c1)Oc1ccccc1CO2. The molecule has 124 valence electrons. The number of aliphatic carboxylic acids is 1. The lowest BCUT2D eigenvalue weighted by molar-refractivity contribution is -0.155. The van der Waals surface area contributed by atoms with Crippen molar-refractivity contribution in [1.82, 2.24) is 0 Å². The summed E-state index contributed by atoms with van der Waals surface area (Å²) in [5.74, 6) is -0.610. The molecule has 1 heterocycles. The Morgan fingerprint density at radius 1 is 1.17 bits per heavy atom. The van der Waals surface area contributed by atoms with Gasteiger partial charge in [0.2, 0.25) is 0 Å². The number of hydrogen-bond donors (Lipinski definition) is 1. The Kier molecular flexibility index (Phi) is 4.37. The van der Waals surface area contributed by atoms with Gasteiger partial charge in [0.1, 0.15) is 12.4 Å². The van der Waals surface area contributed by atoms with Crippen molar-refractivity contribution in [2.24, 2.45) is 0 Å². The number of carbonyl (C=O) groups excluding carboxylic acids is 1. The summed E-state index contributed by atoms with van der Waals surface area (Å²) in [7, 11) is 0. The van der Waals surface area contributed by atoms with E-state index in [4.69, 9.17) is 19.3 Å². The highest BCUT2D eigenvalue weighted by atomic mass is 16.6. The number of rotatable bonds is 4. The van der Waals surface area contributed by atoms with E-state index in [1.807, 2.05) is 24.3 Å². The van der Waals surface area contributed by atoms with Crippen molar-refractivity contribution in [2.75, 3.05) is 6.61 Å². The average Bonchev–Trinajstić information content (AvgIpc) is 2.77. The fourth-order valence-electron chi connectivity index (χ4n) is 2.38. The highest BCUT2D eigenvalue weighted by Gasteiger charge is 2.22. The van der Waals surface area contributed by atoms with Crippen LogP contribution in [0.1, 0.15) is 24.0 Å². The van der Waals surface area contributed by atoms with Crippen LogP contribution in [0.15, 0.2) is 42.5 Å². The van der Waals surface area contributed by atoms with Crippen molar-refractivity contribution in [2.45, 2.75) is 19.4 Å². The molecule has 1 unspecified atom stereocenters. The van der Waals surface area contributed by atoms with Gasteiger partial charge in [0, 0.05) is 5.56 Å². The van der Waals surface area contributed by atoms with Gasteiger partial charge in [-0.1, -0.05) is 24.3 Å². The van der Waals surface area contributed by atoms with Crippen LogP contribution in [0.25, 0.3) is 0 Å². The molecule has 0 saturated carbocycles. The van der Waals surface area contributed by atoms with Crippen LogP contribution in [-0.4, -0.2) is 23.7 Å². The normalized spacial score (nSPS) is 13.4. The summed E-state index contributed by atoms with van der Waals surface area (Å²) in [6.45, 7) is 1.40. The van der Waals surface area contributed by atoms with E-state index in [0.29, 0.717) is 29.4 Å². The van der Waals surface area contributed by atoms with Gasteiger partial charge in [-0.2, -0.15) is 0 Å². The van der Waals surface area contributed by atoms with Crippen molar-refractivity contribution in [3.63, 3.8) is 0 Å². The molecule has 1 aliphatic rings. The molecule has 0 fully saturated rings. The maximum absolute atomic E-state index is 11.9. The second kappa shape index (κ2) is 6.62. The molecule has 0 amide bonds. The van der Waals surface area contributed by atoms with Gasteiger partial charge in [0.05, 0.1) is 5.92 Å². The summed E-state index contributed by atoms with van der Waals surface area (Å²) in [6, 6.07) is 12.7. The molecule has 2 aromatic rings. The van der Waals surface area contributed by atoms with E-state index < -0.39 is 24.5 Å². The molecule has 0 bridgehead atoms. The first-order valence-corrected chi connectivity index (χ1v) is 7.45. The number of para-hydroxylation sites is 1. The van der Waals surface area contributed by atoms with E-state index in [0.717, 1.165) is 5.56 Å². The van der Waals surface area contributed by atoms with E-state index in [9.17, 15) is 9.59 Å². The van der Waals surface area contributed by atoms with E-state index in [2.05, 4.69) is 0 Å². The zero-order valence-electron chi connectivity index (χ0n) is 13.0. The van der Waals surface area contributed by atoms with Gasteiger partial charge in [-0.15, -0.1) is 0 Å². The molecule has 1 atom stereocenters. The molecule has 0 aliphatic carbocycles. The maximum Gasteiger partial charge on any atom is 0.341 e. The summed E-state index contributed by atoms with van der Waals surface area (Å²) in [6.07, 6.45) is 0. The Balaban J connectivity index is 1.83. The van der Waals surface area contributed by atoms with Gasteiger partial charge < -0.3 is 19.3 Å². The van der Waals surface area contributed by atoms with Crippen molar-refractivity contribution >= 4 is 11.9 Å². The first-order valence-electron chi connectivity index (χ1n) is 7.45. The summed E-state index contributed by atoms with van der Waals surface area (Å²) in [4.78, 5) is 22.4. The van der Waals surface area contributed by atoms with Crippen molar-refractivity contribution < 1.29 is 28.9 Å². The third-order valence-corrected chi connectivity index (χ3v) is 3.73. The third kappa shape index (κ3) is 3.32. The summed E-state index contributed by atoms with van der Waals surface area (Å²) >= 11 is 0. The molecule has 3 rings (SSSR count). The van der Waals surface area contributed by atoms with Gasteiger partial charge in [-0.3, -0.25) is 4.79 Å². The molecule has 0 aromatic heterocycles. The van der Waals surface area contributed by atoms with Gasteiger partial charge in [0.25, 0.3) is 0 Å². The van der Waals surface area contributed by atoms with Crippen molar-refractivity contribution in [3.05, 3.63) is 53.6 Å². The second-order valence-electron chi connectivity index (χ2n) is 5.43. The molecule has 0 spiro atoms. The van der Waals surface area contributed by atoms with Crippen LogP contribution in [0.3, 0.4) is 0 Å². The smallest absolute Gasteiger partial charge is 0.341 e. The number of carboxylic acids is 1. The van der Waals surface area contributed by atoms with Gasteiger partial charge >= 0.3 is 11.9 Å². The van der Waals surface area contributed by atoms with Crippen molar-refractivity contribution in [1.29, 1.82) is 0 Å². The number of carbonyl (C=O) groups is 2. The number of ether oxygens (including phenoxy) is 3. The fraction of sp³-hybridized carbons (Fsp3) is 0.222. The Morgan fingerprint density at radius 2 is 1.96 bits per heavy atom. The Labute approximate surface area is 138 Å². The number of benzene rings is 2. The largest absolute Gasteiger partial charge is 0.485 e. The molecule has 0 radical (unpaired) electrons. The zero-order valence-corrected chi connectivity index (χ0v) is 13.0. The molecular weight excluding hydrogens is 312 g/mol. The molecule has 0 saturated heterocycles. The minimum atomic E-state index is -1.19. The van der Waals surface area contributed by atoms with Crippen LogP contribution in [0, 0.1) is 0 Å². The van der Waals surface area contributed by atoms with Crippen LogP contribution in [-0.2, 0) is 20.9 Å². The Bertz CT molecular complexity index is 783. The van der Waals surface area contributed by atoms with Crippen molar-refractivity contribution in [3.8, 4) is 17.2 Å². The number of carboxylic acid groups (broad SMARTS) is 1. The average molecular weight is 328 g/mol. The van der Waals surface area contributed by atoms with Gasteiger partial charge in [0.15, 0.2) is 18.1 Å². The first kappa shape index (κ1) is 15.9. The lowest BCUT2D eigenvalue weighted by atomic mass is 10.0. The molecule has 1 aliphatic heterocycles. The number of esters is 1. The molecule has 24 heavy (non-hydrogen) atoms. The number of fused-ring (bicyclic) bond motifs is 2. The lowest BCUT2D eigenvalue weighted by Crippen LogP contribution is -2.18. The van der Waals surface area contributed by atoms with E-state index >= 15 is 0 Å². The number of hydrogen-bond acceptors (Lipinski definition) is 5. The molecule has 1 N–H and O–H groups in total. The minimum Gasteiger partial charge on any atom is -0.485 e. The van der Waals surface area contributed by atoms with E-state index in [1.165, 1.54) is 0 Å². The quantitative estimate of drug-likeness (QED) is 0.869. The predicted molar refractivity (Wildman–Crippen MR) is 84.3 cm³/mol. The molecule has 6 nitrogen and oxygen atoms in total. The predicted octanol–water partition coefficient (Wildman–Crippen LogP) is 3.10. The first-order chi connectivity index (χ1) is 11.5. The lowest BCUT2D eigenvalue weighted by Gasteiger charge is -2.14. The Morgan fingerprint density at radius 3 is 2.75 bits per heavy atom. The summed E-state index contributed by atoms with van der Waals surface area (Å²) < 4.78 is 16.4. The monoisotopic (exact) mass is 328 g/mol. The van der Waals surface area contributed by atoms with E-state index in [1.54, 1.807) is 25.1 Å². The fourth-order valence-corrected chi connectivity index (χ4v) is 2.38. The van der Waals surface area contributed by atoms with Gasteiger partial charge in [-0.25, -0.2) is 4.79 Å². The molecule has 6 heteroatoms. The maximum atomic E-state index is 11.9. The molecule has 2 aromatic carbocycles. The van der Waals surface area contributed by atoms with Crippen LogP contribution in [0.2, 0.25) is 0 Å². The zero-order chi connectivity index (χ0) is 17.1. The van der Waals surface area contributed by atoms with Crippen LogP contribution < -0.4 is 9.47 Å². The van der Waals surface area contributed by atoms with Gasteiger partial charge in [-0.05, 0) is 30.7 Å². The molecular formula is C18H16O6. The highest BCUT2D eigenvalue weighted by molar-refractivity contribution is 5.80.